The Kier molecular flexibility index (Phi) is 4.94. The lowest BCUT2D eigenvalue weighted by molar-refractivity contribution is -0.139. The number of aliphatic carboxylic acids is 1. The van der Waals surface area contributed by atoms with E-state index in [1.54, 1.807) is 24.3 Å². The number of carbonyl (C=O) groups is 2. The van der Waals surface area contributed by atoms with Gasteiger partial charge in [-0.3, -0.25) is 9.59 Å². The number of methoxy groups -OCH3 is 1. The van der Waals surface area contributed by atoms with Gasteiger partial charge < -0.3 is 9.84 Å². The summed E-state index contributed by atoms with van der Waals surface area (Å²) in [5.74, 6) is -1.14. The van der Waals surface area contributed by atoms with Gasteiger partial charge in [-0.25, -0.2) is 0 Å². The minimum atomic E-state index is -0.848. The highest BCUT2D eigenvalue weighted by molar-refractivity contribution is 5.72. The first-order valence-electron chi connectivity index (χ1n) is 5.16. The van der Waals surface area contributed by atoms with Crippen molar-refractivity contribution in [2.75, 3.05) is 7.11 Å². The lowest BCUT2D eigenvalue weighted by Gasteiger charge is -1.98. The minimum absolute atomic E-state index is 0.0200. The summed E-state index contributed by atoms with van der Waals surface area (Å²) < 4.78 is 4.50. The number of hydrogen-bond acceptors (Lipinski definition) is 3. The highest BCUT2D eigenvalue weighted by Crippen LogP contribution is 2.07. The Hall–Kier alpha value is -2.10. The molecular formula is C13H14O4. The van der Waals surface area contributed by atoms with Gasteiger partial charge in [-0.1, -0.05) is 36.4 Å². The number of benzene rings is 1. The summed E-state index contributed by atoms with van der Waals surface area (Å²) in [6.45, 7) is 0. The van der Waals surface area contributed by atoms with Gasteiger partial charge in [0.2, 0.25) is 0 Å². The van der Waals surface area contributed by atoms with E-state index in [4.69, 9.17) is 5.11 Å². The molecule has 0 radical (unpaired) electrons. The van der Waals surface area contributed by atoms with Crippen molar-refractivity contribution in [1.82, 2.24) is 0 Å². The maximum atomic E-state index is 10.8. The molecule has 0 saturated carbocycles. The first-order chi connectivity index (χ1) is 8.11. The van der Waals surface area contributed by atoms with Crippen LogP contribution in [0.25, 0.3) is 6.08 Å². The van der Waals surface area contributed by atoms with Gasteiger partial charge in [0.15, 0.2) is 0 Å². The number of carboxylic acids is 1. The van der Waals surface area contributed by atoms with Crippen LogP contribution in [0.5, 0.6) is 0 Å². The molecule has 0 unspecified atom stereocenters. The van der Waals surface area contributed by atoms with Crippen LogP contribution in [0, 0.1) is 0 Å². The number of esters is 1. The number of ether oxygens (including phenoxy) is 1. The molecule has 1 N–H and O–H groups in total. The van der Waals surface area contributed by atoms with Crippen LogP contribution in [0.2, 0.25) is 0 Å². The third-order valence-electron chi connectivity index (χ3n) is 2.16. The van der Waals surface area contributed by atoms with Gasteiger partial charge in [0.1, 0.15) is 0 Å². The van der Waals surface area contributed by atoms with E-state index in [1.807, 2.05) is 12.1 Å². The predicted molar refractivity (Wildman–Crippen MR) is 63.4 cm³/mol. The van der Waals surface area contributed by atoms with Crippen molar-refractivity contribution in [3.05, 3.63) is 41.5 Å². The van der Waals surface area contributed by atoms with E-state index in [0.717, 1.165) is 11.1 Å². The topological polar surface area (TPSA) is 63.6 Å². The van der Waals surface area contributed by atoms with Crippen LogP contribution in [0.3, 0.4) is 0 Å². The lowest BCUT2D eigenvalue weighted by atomic mass is 10.1. The van der Waals surface area contributed by atoms with Gasteiger partial charge >= 0.3 is 11.9 Å². The smallest absolute Gasteiger partial charge is 0.309 e. The fraction of sp³-hybridized carbons (Fsp3) is 0.231. The zero-order valence-corrected chi connectivity index (χ0v) is 9.55. The fourth-order valence-electron chi connectivity index (χ4n) is 1.30. The van der Waals surface area contributed by atoms with Crippen LogP contribution in [-0.2, 0) is 20.7 Å². The summed E-state index contributed by atoms with van der Waals surface area (Å²) in [5, 5.41) is 8.60. The maximum Gasteiger partial charge on any atom is 0.309 e. The van der Waals surface area contributed by atoms with E-state index in [1.165, 1.54) is 7.11 Å². The largest absolute Gasteiger partial charge is 0.481 e. The summed E-state index contributed by atoms with van der Waals surface area (Å²) in [4.78, 5) is 21.3. The predicted octanol–water partition coefficient (Wildman–Crippen LogP) is 1.89. The molecule has 90 valence electrons. The zero-order chi connectivity index (χ0) is 12.7. The molecule has 0 bridgehead atoms. The Morgan fingerprint density at radius 2 is 1.94 bits per heavy atom. The van der Waals surface area contributed by atoms with Crippen LogP contribution in [0.15, 0.2) is 30.3 Å². The molecule has 0 aromatic heterocycles. The standard InChI is InChI=1S/C13H14O4/c1-17-13(16)4-2-3-10-5-7-11(8-6-10)9-12(14)15/h2-3,5-8H,4,9H2,1H3,(H,14,15). The SMILES string of the molecule is COC(=O)CC=Cc1ccc(CC(=O)O)cc1. The fourth-order valence-corrected chi connectivity index (χ4v) is 1.30. The van der Waals surface area contributed by atoms with Gasteiger partial charge in [0.05, 0.1) is 20.0 Å². The monoisotopic (exact) mass is 234 g/mol. The molecule has 0 fully saturated rings. The first-order valence-corrected chi connectivity index (χ1v) is 5.16. The quantitative estimate of drug-likeness (QED) is 0.790. The van der Waals surface area contributed by atoms with E-state index in [-0.39, 0.29) is 18.8 Å². The molecule has 0 aliphatic rings. The molecule has 17 heavy (non-hydrogen) atoms. The molecule has 0 amide bonds. The summed E-state index contributed by atoms with van der Waals surface area (Å²) in [6.07, 6.45) is 3.75. The Labute approximate surface area is 99.5 Å². The van der Waals surface area contributed by atoms with Crippen molar-refractivity contribution in [2.45, 2.75) is 12.8 Å². The number of hydrogen-bond donors (Lipinski definition) is 1. The van der Waals surface area contributed by atoms with Crippen molar-refractivity contribution < 1.29 is 19.4 Å². The third-order valence-corrected chi connectivity index (χ3v) is 2.16. The molecule has 0 saturated heterocycles. The van der Waals surface area contributed by atoms with Crippen LogP contribution >= 0.6 is 0 Å². The van der Waals surface area contributed by atoms with E-state index in [9.17, 15) is 9.59 Å². The minimum Gasteiger partial charge on any atom is -0.481 e. The summed E-state index contributed by atoms with van der Waals surface area (Å²) in [7, 11) is 1.34. The molecule has 1 rings (SSSR count). The van der Waals surface area contributed by atoms with Crippen molar-refractivity contribution in [2.24, 2.45) is 0 Å². The average molecular weight is 234 g/mol. The van der Waals surface area contributed by atoms with Gasteiger partial charge in [-0.15, -0.1) is 0 Å². The Morgan fingerprint density at radius 1 is 1.29 bits per heavy atom. The van der Waals surface area contributed by atoms with Crippen molar-refractivity contribution in [1.29, 1.82) is 0 Å². The second-order valence-corrected chi connectivity index (χ2v) is 3.49. The molecule has 0 spiro atoms. The normalized spacial score (nSPS) is 10.4. The molecule has 1 aromatic rings. The highest BCUT2D eigenvalue weighted by Gasteiger charge is 1.99. The molecular weight excluding hydrogens is 220 g/mol. The van der Waals surface area contributed by atoms with Gasteiger partial charge in [-0.2, -0.15) is 0 Å². The summed E-state index contributed by atoms with van der Waals surface area (Å²) >= 11 is 0. The second kappa shape index (κ2) is 6.48. The van der Waals surface area contributed by atoms with Crippen molar-refractivity contribution in [3.63, 3.8) is 0 Å². The van der Waals surface area contributed by atoms with Gasteiger partial charge in [-0.05, 0) is 11.1 Å². The number of carboxylic acid groups (broad SMARTS) is 1. The summed E-state index contributed by atoms with van der Waals surface area (Å²) in [6, 6.07) is 7.13. The Balaban J connectivity index is 2.56. The van der Waals surface area contributed by atoms with Crippen LogP contribution in [0.4, 0.5) is 0 Å². The highest BCUT2D eigenvalue weighted by atomic mass is 16.5. The van der Waals surface area contributed by atoms with E-state index < -0.39 is 5.97 Å². The van der Waals surface area contributed by atoms with Crippen LogP contribution in [-0.4, -0.2) is 24.2 Å². The van der Waals surface area contributed by atoms with E-state index in [2.05, 4.69) is 4.74 Å². The van der Waals surface area contributed by atoms with Crippen molar-refractivity contribution in [3.8, 4) is 0 Å². The molecule has 0 aliphatic heterocycles. The second-order valence-electron chi connectivity index (χ2n) is 3.49. The molecule has 0 atom stereocenters. The van der Waals surface area contributed by atoms with Crippen molar-refractivity contribution >= 4 is 18.0 Å². The molecule has 4 heteroatoms. The maximum absolute atomic E-state index is 10.8. The summed E-state index contributed by atoms with van der Waals surface area (Å²) in [5.41, 5.74) is 1.67. The van der Waals surface area contributed by atoms with Gasteiger partial charge in [0.25, 0.3) is 0 Å². The zero-order valence-electron chi connectivity index (χ0n) is 9.55. The lowest BCUT2D eigenvalue weighted by Crippen LogP contribution is -1.99. The molecule has 4 nitrogen and oxygen atoms in total. The van der Waals surface area contributed by atoms with E-state index in [0.29, 0.717) is 0 Å². The Bertz CT molecular complexity index is 418. The van der Waals surface area contributed by atoms with Gasteiger partial charge in [0, 0.05) is 0 Å². The number of rotatable bonds is 5. The third kappa shape index (κ3) is 4.97. The molecule has 1 aromatic carbocycles. The Morgan fingerprint density at radius 3 is 2.47 bits per heavy atom. The van der Waals surface area contributed by atoms with Crippen LogP contribution < -0.4 is 0 Å². The number of carbonyl (C=O) groups excluding carboxylic acids is 1. The van der Waals surface area contributed by atoms with Crippen LogP contribution in [0.1, 0.15) is 17.5 Å². The molecule has 0 aliphatic carbocycles. The van der Waals surface area contributed by atoms with E-state index >= 15 is 0 Å². The first kappa shape index (κ1) is 13.0. The average Bonchev–Trinajstić information content (AvgIpc) is 2.30. The molecule has 0 heterocycles.